The van der Waals surface area contributed by atoms with E-state index in [0.29, 0.717) is 13.0 Å². The van der Waals surface area contributed by atoms with E-state index >= 15 is 0 Å². The highest BCUT2D eigenvalue weighted by atomic mass is 16.4. The average Bonchev–Trinajstić information content (AvgIpc) is 2.25. The zero-order valence-electron chi connectivity index (χ0n) is 10.2. The van der Waals surface area contributed by atoms with Crippen molar-refractivity contribution in [3.63, 3.8) is 0 Å². The second kappa shape index (κ2) is 8.10. The van der Waals surface area contributed by atoms with Crippen LogP contribution in [0.15, 0.2) is 0 Å². The summed E-state index contributed by atoms with van der Waals surface area (Å²) in [5.41, 5.74) is 0. The van der Waals surface area contributed by atoms with Crippen LogP contribution in [0.1, 0.15) is 33.1 Å². The van der Waals surface area contributed by atoms with Gasteiger partial charge in [0, 0.05) is 13.1 Å². The second-order valence-corrected chi connectivity index (χ2v) is 4.13. The molecule has 3 N–H and O–H groups in total. The van der Waals surface area contributed by atoms with Crippen molar-refractivity contribution in [1.29, 1.82) is 0 Å². The number of carboxylic acids is 1. The van der Waals surface area contributed by atoms with Gasteiger partial charge >= 0.3 is 5.97 Å². The highest BCUT2D eigenvalue weighted by molar-refractivity contribution is 5.77. The molecule has 0 fully saturated rings. The molecule has 0 radical (unpaired) electrons. The zero-order valence-corrected chi connectivity index (χ0v) is 10.2. The van der Waals surface area contributed by atoms with E-state index in [1.54, 1.807) is 14.0 Å². The Morgan fingerprint density at radius 2 is 1.88 bits per heavy atom. The smallest absolute Gasteiger partial charge is 0.306 e. The van der Waals surface area contributed by atoms with E-state index in [9.17, 15) is 9.59 Å². The van der Waals surface area contributed by atoms with Gasteiger partial charge in [0.1, 0.15) is 0 Å². The standard InChI is InChI=1S/C11H22N2O3/c1-8(11(15)16)5-4-6-9(2)13-7-10(14)12-3/h8-9,13H,4-7H2,1-3H3,(H,12,14)(H,15,16). The van der Waals surface area contributed by atoms with Gasteiger partial charge in [0.25, 0.3) is 0 Å². The first kappa shape index (κ1) is 14.9. The zero-order chi connectivity index (χ0) is 12.6. The van der Waals surface area contributed by atoms with Gasteiger partial charge in [0.05, 0.1) is 12.5 Å². The van der Waals surface area contributed by atoms with Crippen molar-refractivity contribution < 1.29 is 14.7 Å². The Morgan fingerprint density at radius 1 is 1.25 bits per heavy atom. The molecule has 2 atom stereocenters. The Balaban J connectivity index is 3.54. The summed E-state index contributed by atoms with van der Waals surface area (Å²) in [4.78, 5) is 21.5. The van der Waals surface area contributed by atoms with Gasteiger partial charge in [-0.05, 0) is 19.8 Å². The molecule has 1 amide bonds. The van der Waals surface area contributed by atoms with E-state index in [0.717, 1.165) is 12.8 Å². The maximum atomic E-state index is 10.9. The summed E-state index contributed by atoms with van der Waals surface area (Å²) in [5, 5.41) is 14.3. The summed E-state index contributed by atoms with van der Waals surface area (Å²) in [6, 6.07) is 0.235. The minimum atomic E-state index is -0.744. The summed E-state index contributed by atoms with van der Waals surface area (Å²) >= 11 is 0. The van der Waals surface area contributed by atoms with Crippen LogP contribution >= 0.6 is 0 Å². The van der Waals surface area contributed by atoms with Gasteiger partial charge in [-0.25, -0.2) is 0 Å². The van der Waals surface area contributed by atoms with Gasteiger partial charge in [-0.15, -0.1) is 0 Å². The fourth-order valence-electron chi connectivity index (χ4n) is 1.31. The van der Waals surface area contributed by atoms with Gasteiger partial charge in [-0.1, -0.05) is 13.3 Å². The van der Waals surface area contributed by atoms with E-state index in [1.165, 1.54) is 0 Å². The highest BCUT2D eigenvalue weighted by Gasteiger charge is 2.11. The SMILES string of the molecule is CNC(=O)CNC(C)CCCC(C)C(=O)O. The van der Waals surface area contributed by atoms with Crippen molar-refractivity contribution in [3.8, 4) is 0 Å². The maximum Gasteiger partial charge on any atom is 0.306 e. The van der Waals surface area contributed by atoms with Crippen molar-refractivity contribution in [2.45, 2.75) is 39.2 Å². The van der Waals surface area contributed by atoms with Gasteiger partial charge in [0.2, 0.25) is 5.91 Å². The summed E-state index contributed by atoms with van der Waals surface area (Å²) in [6.45, 7) is 4.02. The minimum Gasteiger partial charge on any atom is -0.481 e. The molecule has 94 valence electrons. The highest BCUT2D eigenvalue weighted by Crippen LogP contribution is 2.09. The molecule has 0 saturated heterocycles. The van der Waals surface area contributed by atoms with Crippen LogP contribution in [0.4, 0.5) is 0 Å². The molecule has 5 nitrogen and oxygen atoms in total. The first-order valence-corrected chi connectivity index (χ1v) is 5.64. The second-order valence-electron chi connectivity index (χ2n) is 4.13. The predicted octanol–water partition coefficient (Wildman–Crippen LogP) is 0.601. The number of amides is 1. The summed E-state index contributed by atoms with van der Waals surface area (Å²) in [5.74, 6) is -1.07. The van der Waals surface area contributed by atoms with E-state index in [4.69, 9.17) is 5.11 Å². The van der Waals surface area contributed by atoms with Gasteiger partial charge < -0.3 is 15.7 Å². The van der Waals surface area contributed by atoms with Crippen molar-refractivity contribution >= 4 is 11.9 Å². The molecule has 0 aromatic heterocycles. The van der Waals surface area contributed by atoms with E-state index in [2.05, 4.69) is 10.6 Å². The Hall–Kier alpha value is -1.10. The molecule has 0 heterocycles. The monoisotopic (exact) mass is 230 g/mol. The molecule has 0 rings (SSSR count). The first-order chi connectivity index (χ1) is 7.47. The lowest BCUT2D eigenvalue weighted by molar-refractivity contribution is -0.141. The first-order valence-electron chi connectivity index (χ1n) is 5.64. The molecule has 16 heavy (non-hydrogen) atoms. The molecule has 0 aliphatic carbocycles. The fourth-order valence-corrected chi connectivity index (χ4v) is 1.31. The Morgan fingerprint density at radius 3 is 2.38 bits per heavy atom. The van der Waals surface area contributed by atoms with E-state index in [-0.39, 0.29) is 17.9 Å². The molecule has 0 aromatic carbocycles. The molecule has 5 heteroatoms. The lowest BCUT2D eigenvalue weighted by Gasteiger charge is -2.13. The summed E-state index contributed by atoms with van der Waals surface area (Å²) < 4.78 is 0. The number of hydrogen-bond donors (Lipinski definition) is 3. The quantitative estimate of drug-likeness (QED) is 0.570. The third kappa shape index (κ3) is 7.23. The van der Waals surface area contributed by atoms with Crippen molar-refractivity contribution in [1.82, 2.24) is 10.6 Å². The molecule has 0 bridgehead atoms. The summed E-state index contributed by atoms with van der Waals surface area (Å²) in [6.07, 6.45) is 2.42. The topological polar surface area (TPSA) is 78.4 Å². The van der Waals surface area contributed by atoms with Crippen LogP contribution in [0.3, 0.4) is 0 Å². The largest absolute Gasteiger partial charge is 0.481 e. The molecule has 0 aliphatic rings. The number of likely N-dealkylation sites (N-methyl/N-ethyl adjacent to an activating group) is 1. The third-order valence-electron chi connectivity index (χ3n) is 2.59. The van der Waals surface area contributed by atoms with Crippen LogP contribution in [0, 0.1) is 5.92 Å². The maximum absolute atomic E-state index is 10.9. The van der Waals surface area contributed by atoms with Crippen LogP contribution in [0.2, 0.25) is 0 Å². The van der Waals surface area contributed by atoms with Crippen LogP contribution in [-0.2, 0) is 9.59 Å². The van der Waals surface area contributed by atoms with Gasteiger partial charge in [-0.3, -0.25) is 9.59 Å². The molecule has 0 aliphatic heterocycles. The minimum absolute atomic E-state index is 0.0363. The number of nitrogens with one attached hydrogen (secondary N) is 2. The Labute approximate surface area is 96.6 Å². The van der Waals surface area contributed by atoms with Crippen LogP contribution in [-0.4, -0.2) is 36.6 Å². The molecular formula is C11H22N2O3. The number of carbonyl (C=O) groups is 2. The number of hydrogen-bond acceptors (Lipinski definition) is 3. The molecule has 2 unspecified atom stereocenters. The van der Waals surface area contributed by atoms with Crippen LogP contribution in [0.25, 0.3) is 0 Å². The lowest BCUT2D eigenvalue weighted by atomic mass is 10.0. The van der Waals surface area contributed by atoms with Gasteiger partial charge in [-0.2, -0.15) is 0 Å². The molecular weight excluding hydrogens is 208 g/mol. The normalized spacial score (nSPS) is 14.2. The van der Waals surface area contributed by atoms with Crippen molar-refractivity contribution in [3.05, 3.63) is 0 Å². The molecule has 0 saturated carbocycles. The Bertz CT molecular complexity index is 231. The van der Waals surface area contributed by atoms with Crippen LogP contribution < -0.4 is 10.6 Å². The molecule has 0 aromatic rings. The third-order valence-corrected chi connectivity index (χ3v) is 2.59. The fraction of sp³-hybridized carbons (Fsp3) is 0.818. The number of carboxylic acid groups (broad SMARTS) is 1. The van der Waals surface area contributed by atoms with Crippen molar-refractivity contribution in [2.75, 3.05) is 13.6 Å². The number of carbonyl (C=O) groups excluding carboxylic acids is 1. The Kier molecular flexibility index (Phi) is 7.54. The van der Waals surface area contributed by atoms with E-state index < -0.39 is 5.97 Å². The van der Waals surface area contributed by atoms with Gasteiger partial charge in [0.15, 0.2) is 0 Å². The lowest BCUT2D eigenvalue weighted by Crippen LogP contribution is -2.36. The number of aliphatic carboxylic acids is 1. The van der Waals surface area contributed by atoms with Crippen LogP contribution in [0.5, 0.6) is 0 Å². The number of rotatable bonds is 8. The molecule has 0 spiro atoms. The predicted molar refractivity (Wildman–Crippen MR) is 62.2 cm³/mol. The average molecular weight is 230 g/mol. The summed E-state index contributed by atoms with van der Waals surface area (Å²) in [7, 11) is 1.60. The van der Waals surface area contributed by atoms with Crippen molar-refractivity contribution in [2.24, 2.45) is 5.92 Å². The van der Waals surface area contributed by atoms with E-state index in [1.807, 2.05) is 6.92 Å².